The first-order valence-electron chi connectivity index (χ1n) is 4.59. The molecule has 16 heavy (non-hydrogen) atoms. The lowest BCUT2D eigenvalue weighted by atomic mass is 10.2. The van der Waals surface area contributed by atoms with E-state index in [4.69, 9.17) is 4.74 Å². The first-order valence-corrected chi connectivity index (χ1v) is 4.59. The van der Waals surface area contributed by atoms with E-state index in [0.29, 0.717) is 0 Å². The van der Waals surface area contributed by atoms with Crippen LogP contribution in [0.3, 0.4) is 0 Å². The Bertz CT molecular complexity index is 431. The van der Waals surface area contributed by atoms with Crippen LogP contribution in [0.1, 0.15) is 17.3 Å². The maximum atomic E-state index is 12.7. The van der Waals surface area contributed by atoms with E-state index in [9.17, 15) is 13.6 Å². The van der Waals surface area contributed by atoms with Gasteiger partial charge in [0.2, 0.25) is 0 Å². The molecule has 4 nitrogen and oxygen atoms in total. The van der Waals surface area contributed by atoms with Crippen LogP contribution in [-0.2, 0) is 4.74 Å². The Labute approximate surface area is 89.7 Å². The molecule has 86 valence electrons. The molecule has 6 heteroatoms. The molecule has 0 radical (unpaired) electrons. The van der Waals surface area contributed by atoms with Crippen molar-refractivity contribution in [1.29, 1.82) is 0 Å². The molecule has 0 amide bonds. The fourth-order valence-electron chi connectivity index (χ4n) is 1.29. The third-order valence-electron chi connectivity index (χ3n) is 1.91. The van der Waals surface area contributed by atoms with Crippen LogP contribution < -0.4 is 9.47 Å². The highest BCUT2D eigenvalue weighted by molar-refractivity contribution is 5.90. The predicted octanol–water partition coefficient (Wildman–Crippen LogP) is 2.18. The van der Waals surface area contributed by atoms with Crippen molar-refractivity contribution in [3.8, 4) is 11.5 Å². The van der Waals surface area contributed by atoms with Crippen molar-refractivity contribution in [2.45, 2.75) is 13.2 Å². The summed E-state index contributed by atoms with van der Waals surface area (Å²) in [5.74, 6) is -0.863. The van der Waals surface area contributed by atoms with Crippen molar-refractivity contribution in [1.82, 2.24) is 0 Å². The number of esters is 1. The summed E-state index contributed by atoms with van der Waals surface area (Å²) >= 11 is 0. The van der Waals surface area contributed by atoms with Crippen molar-refractivity contribution < 1.29 is 27.8 Å². The Morgan fingerprint density at radius 2 is 2.06 bits per heavy atom. The number of halogens is 2. The largest absolute Gasteiger partial charge is 0.586 e. The smallest absolute Gasteiger partial charge is 0.462 e. The Balaban J connectivity index is 2.26. The fraction of sp³-hybridized carbons (Fsp3) is 0.300. The highest BCUT2D eigenvalue weighted by Gasteiger charge is 2.43. The van der Waals surface area contributed by atoms with Crippen molar-refractivity contribution in [2.24, 2.45) is 0 Å². The lowest BCUT2D eigenvalue weighted by molar-refractivity contribution is -0.286. The topological polar surface area (TPSA) is 44.8 Å². The number of carbonyl (C=O) groups excluding carboxylic acids is 1. The van der Waals surface area contributed by atoms with E-state index >= 15 is 0 Å². The Hall–Kier alpha value is -1.85. The third kappa shape index (κ3) is 1.91. The summed E-state index contributed by atoms with van der Waals surface area (Å²) in [4.78, 5) is 11.3. The van der Waals surface area contributed by atoms with E-state index in [1.54, 1.807) is 6.92 Å². The molecule has 0 bridgehead atoms. The average Bonchev–Trinajstić information content (AvgIpc) is 2.50. The van der Waals surface area contributed by atoms with Gasteiger partial charge in [-0.05, 0) is 25.1 Å². The van der Waals surface area contributed by atoms with Crippen LogP contribution in [0.25, 0.3) is 0 Å². The van der Waals surface area contributed by atoms with Gasteiger partial charge in [0.1, 0.15) is 0 Å². The zero-order chi connectivity index (χ0) is 11.8. The summed E-state index contributed by atoms with van der Waals surface area (Å²) in [5, 5.41) is 0. The number of ether oxygens (including phenoxy) is 3. The predicted molar refractivity (Wildman–Crippen MR) is 48.6 cm³/mol. The molecule has 1 aromatic carbocycles. The number of hydrogen-bond acceptors (Lipinski definition) is 4. The van der Waals surface area contributed by atoms with Gasteiger partial charge >= 0.3 is 12.3 Å². The molecule has 1 heterocycles. The van der Waals surface area contributed by atoms with Gasteiger partial charge in [-0.25, -0.2) is 4.79 Å². The van der Waals surface area contributed by atoms with Gasteiger partial charge in [0, 0.05) is 0 Å². The maximum absolute atomic E-state index is 12.7. The monoisotopic (exact) mass is 230 g/mol. The third-order valence-corrected chi connectivity index (χ3v) is 1.91. The van der Waals surface area contributed by atoms with Gasteiger partial charge in [-0.3, -0.25) is 0 Å². The first kappa shape index (κ1) is 10.7. The quantitative estimate of drug-likeness (QED) is 0.730. The standard InChI is InChI=1S/C10H8F2O4/c1-2-14-9(13)6-3-4-7-8(5-6)16-10(11,12)15-7/h3-5H,2H2,1H3. The SMILES string of the molecule is CCOC(=O)c1ccc2c(c1)OC(F)(F)O2. The minimum atomic E-state index is -3.67. The molecule has 1 aliphatic heterocycles. The number of carbonyl (C=O) groups is 1. The summed E-state index contributed by atoms with van der Waals surface area (Å²) in [5.41, 5.74) is 0.141. The highest BCUT2D eigenvalue weighted by atomic mass is 19.3. The molecule has 0 fully saturated rings. The van der Waals surface area contributed by atoms with Gasteiger partial charge in [0.05, 0.1) is 12.2 Å². The summed E-state index contributed by atoms with van der Waals surface area (Å²) in [6.45, 7) is 1.86. The summed E-state index contributed by atoms with van der Waals surface area (Å²) < 4.78 is 38.4. The lowest BCUT2D eigenvalue weighted by Crippen LogP contribution is -2.25. The van der Waals surface area contributed by atoms with E-state index in [-0.39, 0.29) is 23.7 Å². The lowest BCUT2D eigenvalue weighted by Gasteiger charge is -2.04. The average molecular weight is 230 g/mol. The zero-order valence-corrected chi connectivity index (χ0v) is 8.33. The summed E-state index contributed by atoms with van der Waals surface area (Å²) in [6, 6.07) is 3.73. The molecule has 0 saturated heterocycles. The summed E-state index contributed by atoms with van der Waals surface area (Å²) in [7, 11) is 0. The molecule has 0 spiro atoms. The molecule has 0 unspecified atom stereocenters. The molecule has 1 aromatic rings. The molecule has 0 N–H and O–H groups in total. The van der Waals surface area contributed by atoms with Gasteiger partial charge in [0.15, 0.2) is 11.5 Å². The number of alkyl halides is 2. The van der Waals surface area contributed by atoms with Gasteiger partial charge in [-0.2, -0.15) is 0 Å². The number of benzene rings is 1. The molecule has 0 atom stereocenters. The van der Waals surface area contributed by atoms with Crippen LogP contribution >= 0.6 is 0 Å². The second-order valence-electron chi connectivity index (χ2n) is 3.05. The Morgan fingerprint density at radius 3 is 2.75 bits per heavy atom. The summed E-state index contributed by atoms with van der Waals surface area (Å²) in [6.07, 6.45) is -3.67. The number of rotatable bonds is 2. The van der Waals surface area contributed by atoms with Crippen LogP contribution in [0.5, 0.6) is 11.5 Å². The van der Waals surface area contributed by atoms with Crippen molar-refractivity contribution in [3.05, 3.63) is 23.8 Å². The zero-order valence-electron chi connectivity index (χ0n) is 8.33. The van der Waals surface area contributed by atoms with E-state index < -0.39 is 12.3 Å². The molecule has 0 aliphatic carbocycles. The normalized spacial score (nSPS) is 15.9. The van der Waals surface area contributed by atoms with Crippen LogP contribution in [0, 0.1) is 0 Å². The van der Waals surface area contributed by atoms with E-state index in [1.165, 1.54) is 12.1 Å². The molecule has 0 saturated carbocycles. The minimum absolute atomic E-state index is 0.0990. The van der Waals surface area contributed by atoms with Crippen molar-refractivity contribution in [3.63, 3.8) is 0 Å². The fourth-order valence-corrected chi connectivity index (χ4v) is 1.29. The van der Waals surface area contributed by atoms with E-state index in [0.717, 1.165) is 6.07 Å². The van der Waals surface area contributed by atoms with Crippen LogP contribution in [0.2, 0.25) is 0 Å². The number of hydrogen-bond donors (Lipinski definition) is 0. The highest BCUT2D eigenvalue weighted by Crippen LogP contribution is 2.41. The van der Waals surface area contributed by atoms with Crippen LogP contribution in [0.4, 0.5) is 8.78 Å². The van der Waals surface area contributed by atoms with E-state index in [1.807, 2.05) is 0 Å². The first-order chi connectivity index (χ1) is 7.52. The van der Waals surface area contributed by atoms with Crippen LogP contribution in [0.15, 0.2) is 18.2 Å². The molecular weight excluding hydrogens is 222 g/mol. The Kier molecular flexibility index (Phi) is 2.41. The Morgan fingerprint density at radius 1 is 1.38 bits per heavy atom. The van der Waals surface area contributed by atoms with Gasteiger partial charge in [0.25, 0.3) is 0 Å². The molecule has 2 rings (SSSR count). The molecule has 0 aromatic heterocycles. The van der Waals surface area contributed by atoms with Crippen molar-refractivity contribution >= 4 is 5.97 Å². The van der Waals surface area contributed by atoms with Crippen molar-refractivity contribution in [2.75, 3.05) is 6.61 Å². The van der Waals surface area contributed by atoms with Gasteiger partial charge < -0.3 is 14.2 Å². The van der Waals surface area contributed by atoms with Crippen LogP contribution in [-0.4, -0.2) is 18.9 Å². The maximum Gasteiger partial charge on any atom is 0.586 e. The van der Waals surface area contributed by atoms with Gasteiger partial charge in [-0.15, -0.1) is 8.78 Å². The number of fused-ring (bicyclic) bond motifs is 1. The second kappa shape index (κ2) is 3.62. The van der Waals surface area contributed by atoms with Gasteiger partial charge in [-0.1, -0.05) is 0 Å². The molecular formula is C10H8F2O4. The second-order valence-corrected chi connectivity index (χ2v) is 3.05. The minimum Gasteiger partial charge on any atom is -0.462 e. The van der Waals surface area contributed by atoms with E-state index in [2.05, 4.69) is 9.47 Å². The molecule has 1 aliphatic rings.